The van der Waals surface area contributed by atoms with Crippen LogP contribution in [0.25, 0.3) is 11.1 Å². The van der Waals surface area contributed by atoms with Crippen LogP contribution in [0.1, 0.15) is 29.1 Å². The molecule has 1 amide bonds. The molecular weight excluding hydrogens is 310 g/mol. The summed E-state index contributed by atoms with van der Waals surface area (Å²) >= 11 is 1.32. The summed E-state index contributed by atoms with van der Waals surface area (Å²) in [6, 6.07) is 9.85. The Morgan fingerprint density at radius 3 is 2.52 bits per heavy atom. The van der Waals surface area contributed by atoms with Gasteiger partial charge < -0.3 is 10.1 Å². The van der Waals surface area contributed by atoms with Crippen molar-refractivity contribution in [2.75, 3.05) is 13.2 Å². The first-order valence-electron chi connectivity index (χ1n) is 7.55. The molecule has 122 valence electrons. The number of carbonyl (C=O) groups is 2. The minimum Gasteiger partial charge on any atom is -0.451 e. The number of amides is 1. The number of ether oxygens (including phenoxy) is 1. The third-order valence-corrected chi connectivity index (χ3v) is 4.15. The minimum atomic E-state index is -0.463. The van der Waals surface area contributed by atoms with Gasteiger partial charge in [0.15, 0.2) is 6.61 Å². The van der Waals surface area contributed by atoms with Gasteiger partial charge in [-0.15, -0.1) is 11.3 Å². The third kappa shape index (κ3) is 4.93. The molecular formula is C18H21NO3S. The fourth-order valence-corrected chi connectivity index (χ4v) is 2.80. The maximum Gasteiger partial charge on any atom is 0.349 e. The molecule has 2 rings (SSSR count). The molecule has 0 radical (unpaired) electrons. The lowest BCUT2D eigenvalue weighted by molar-refractivity contribution is -0.124. The second-order valence-corrected chi connectivity index (χ2v) is 6.72. The average Bonchev–Trinajstić information content (AvgIpc) is 3.01. The second kappa shape index (κ2) is 7.92. The van der Waals surface area contributed by atoms with Crippen molar-refractivity contribution in [1.82, 2.24) is 5.32 Å². The van der Waals surface area contributed by atoms with Gasteiger partial charge in [-0.25, -0.2) is 4.79 Å². The van der Waals surface area contributed by atoms with Crippen LogP contribution in [0.4, 0.5) is 0 Å². The molecule has 5 heteroatoms. The molecule has 0 unspecified atom stereocenters. The molecule has 0 aliphatic carbocycles. The summed E-state index contributed by atoms with van der Waals surface area (Å²) in [5.74, 6) is -0.379. The van der Waals surface area contributed by atoms with Crippen LogP contribution in [-0.4, -0.2) is 25.0 Å². The highest BCUT2D eigenvalue weighted by molar-refractivity contribution is 7.12. The molecule has 0 saturated carbocycles. The van der Waals surface area contributed by atoms with Gasteiger partial charge in [-0.3, -0.25) is 4.79 Å². The predicted octanol–water partition coefficient (Wildman–Crippen LogP) is 3.65. The highest BCUT2D eigenvalue weighted by Crippen LogP contribution is 2.29. The Balaban J connectivity index is 2.00. The van der Waals surface area contributed by atoms with Gasteiger partial charge in [-0.05, 0) is 29.9 Å². The molecule has 2 aromatic rings. The van der Waals surface area contributed by atoms with Crippen LogP contribution < -0.4 is 5.32 Å². The largest absolute Gasteiger partial charge is 0.451 e. The quantitative estimate of drug-likeness (QED) is 0.822. The van der Waals surface area contributed by atoms with Crippen LogP contribution in [0.2, 0.25) is 0 Å². The lowest BCUT2D eigenvalue weighted by Gasteiger charge is -2.08. The molecule has 1 aromatic carbocycles. The maximum atomic E-state index is 12.2. The highest BCUT2D eigenvalue weighted by atomic mass is 32.1. The molecule has 4 nitrogen and oxygen atoms in total. The van der Waals surface area contributed by atoms with Crippen molar-refractivity contribution >= 4 is 23.2 Å². The molecule has 0 saturated heterocycles. The predicted molar refractivity (Wildman–Crippen MR) is 92.6 cm³/mol. The van der Waals surface area contributed by atoms with Crippen LogP contribution in [0.15, 0.2) is 35.7 Å². The Bertz CT molecular complexity index is 674. The zero-order valence-electron chi connectivity index (χ0n) is 13.6. The summed E-state index contributed by atoms with van der Waals surface area (Å²) in [4.78, 5) is 24.4. The number of hydrogen-bond donors (Lipinski definition) is 1. The van der Waals surface area contributed by atoms with E-state index < -0.39 is 5.97 Å². The van der Waals surface area contributed by atoms with E-state index >= 15 is 0 Å². The van der Waals surface area contributed by atoms with Gasteiger partial charge in [0.2, 0.25) is 0 Å². The number of aryl methyl sites for hydroxylation is 1. The van der Waals surface area contributed by atoms with Gasteiger partial charge in [-0.2, -0.15) is 0 Å². The van der Waals surface area contributed by atoms with Crippen molar-refractivity contribution in [2.24, 2.45) is 5.92 Å². The summed E-state index contributed by atoms with van der Waals surface area (Å²) in [5, 5.41) is 4.57. The summed E-state index contributed by atoms with van der Waals surface area (Å²) in [6.45, 7) is 6.35. The van der Waals surface area contributed by atoms with Crippen molar-refractivity contribution in [3.05, 3.63) is 46.2 Å². The Labute approximate surface area is 140 Å². The van der Waals surface area contributed by atoms with E-state index in [2.05, 4.69) is 5.32 Å². The highest BCUT2D eigenvalue weighted by Gasteiger charge is 2.17. The fraction of sp³-hybridized carbons (Fsp3) is 0.333. The molecule has 0 fully saturated rings. The van der Waals surface area contributed by atoms with Gasteiger partial charge in [0.05, 0.1) is 0 Å². The topological polar surface area (TPSA) is 55.4 Å². The van der Waals surface area contributed by atoms with Gasteiger partial charge in [-0.1, -0.05) is 43.7 Å². The van der Waals surface area contributed by atoms with Crippen LogP contribution in [0.5, 0.6) is 0 Å². The zero-order chi connectivity index (χ0) is 16.8. The van der Waals surface area contributed by atoms with Crippen molar-refractivity contribution in [2.45, 2.75) is 20.8 Å². The van der Waals surface area contributed by atoms with Gasteiger partial charge in [0.1, 0.15) is 4.88 Å². The molecule has 1 heterocycles. The fourth-order valence-electron chi connectivity index (χ4n) is 1.99. The van der Waals surface area contributed by atoms with E-state index in [9.17, 15) is 9.59 Å². The minimum absolute atomic E-state index is 0.253. The van der Waals surface area contributed by atoms with Gasteiger partial charge in [0, 0.05) is 12.1 Å². The van der Waals surface area contributed by atoms with E-state index in [0.29, 0.717) is 17.3 Å². The summed E-state index contributed by atoms with van der Waals surface area (Å²) in [7, 11) is 0. The Morgan fingerprint density at radius 1 is 1.17 bits per heavy atom. The average molecular weight is 331 g/mol. The van der Waals surface area contributed by atoms with E-state index in [1.54, 1.807) is 0 Å². The SMILES string of the molecule is Cc1ccc(-c2ccsc2C(=O)OCC(=O)NCC(C)C)cc1. The molecule has 0 aliphatic rings. The van der Waals surface area contributed by atoms with E-state index in [-0.39, 0.29) is 12.5 Å². The van der Waals surface area contributed by atoms with Gasteiger partial charge in [0.25, 0.3) is 5.91 Å². The van der Waals surface area contributed by atoms with E-state index in [1.807, 2.05) is 56.5 Å². The van der Waals surface area contributed by atoms with E-state index in [4.69, 9.17) is 4.74 Å². The van der Waals surface area contributed by atoms with E-state index in [0.717, 1.165) is 16.7 Å². The number of hydrogen-bond acceptors (Lipinski definition) is 4. The number of nitrogens with one attached hydrogen (secondary N) is 1. The van der Waals surface area contributed by atoms with Crippen molar-refractivity contribution in [1.29, 1.82) is 0 Å². The molecule has 23 heavy (non-hydrogen) atoms. The summed E-state index contributed by atoms with van der Waals surface area (Å²) in [5.41, 5.74) is 2.96. The third-order valence-electron chi connectivity index (χ3n) is 3.26. The molecule has 0 aliphatic heterocycles. The second-order valence-electron chi connectivity index (χ2n) is 5.80. The Kier molecular flexibility index (Phi) is 5.93. The number of thiophene rings is 1. The molecule has 0 spiro atoms. The Hall–Kier alpha value is -2.14. The maximum absolute atomic E-state index is 12.2. The first-order chi connectivity index (χ1) is 11.0. The van der Waals surface area contributed by atoms with Crippen molar-refractivity contribution in [3.63, 3.8) is 0 Å². The lowest BCUT2D eigenvalue weighted by Crippen LogP contribution is -2.31. The lowest BCUT2D eigenvalue weighted by atomic mass is 10.1. The monoisotopic (exact) mass is 331 g/mol. The van der Waals surface area contributed by atoms with Crippen LogP contribution in [0, 0.1) is 12.8 Å². The van der Waals surface area contributed by atoms with Crippen LogP contribution in [0.3, 0.4) is 0 Å². The Morgan fingerprint density at radius 2 is 1.87 bits per heavy atom. The summed E-state index contributed by atoms with van der Waals surface area (Å²) < 4.78 is 5.13. The van der Waals surface area contributed by atoms with Gasteiger partial charge >= 0.3 is 5.97 Å². The number of benzene rings is 1. The summed E-state index contributed by atoms with van der Waals surface area (Å²) in [6.07, 6.45) is 0. The number of rotatable bonds is 6. The van der Waals surface area contributed by atoms with E-state index in [1.165, 1.54) is 11.3 Å². The molecule has 0 atom stereocenters. The van der Waals surface area contributed by atoms with Crippen LogP contribution >= 0.6 is 11.3 Å². The standard InChI is InChI=1S/C18H21NO3S/c1-12(2)10-19-16(20)11-22-18(21)17-15(8-9-23-17)14-6-4-13(3)5-7-14/h4-9,12H,10-11H2,1-3H3,(H,19,20). The molecule has 1 aromatic heterocycles. The van der Waals surface area contributed by atoms with Crippen LogP contribution in [-0.2, 0) is 9.53 Å². The van der Waals surface area contributed by atoms with Crippen molar-refractivity contribution < 1.29 is 14.3 Å². The molecule has 0 bridgehead atoms. The molecule has 1 N–H and O–H groups in total. The number of esters is 1. The first-order valence-corrected chi connectivity index (χ1v) is 8.43. The smallest absolute Gasteiger partial charge is 0.349 e. The number of carbonyl (C=O) groups excluding carboxylic acids is 2. The zero-order valence-corrected chi connectivity index (χ0v) is 14.4. The van der Waals surface area contributed by atoms with Crippen molar-refractivity contribution in [3.8, 4) is 11.1 Å². The normalized spacial score (nSPS) is 10.6. The first kappa shape index (κ1) is 17.2.